The van der Waals surface area contributed by atoms with Crippen molar-refractivity contribution in [1.29, 1.82) is 0 Å². The molecule has 0 unspecified atom stereocenters. The fraction of sp³-hybridized carbons (Fsp3) is 0.176. The lowest BCUT2D eigenvalue weighted by atomic mass is 10.0. The van der Waals surface area contributed by atoms with Crippen molar-refractivity contribution >= 4 is 11.8 Å². The zero-order valence-corrected chi connectivity index (χ0v) is 12.7. The highest BCUT2D eigenvalue weighted by molar-refractivity contribution is 5.98. The van der Waals surface area contributed by atoms with Crippen molar-refractivity contribution in [3.8, 4) is 11.1 Å². The summed E-state index contributed by atoms with van der Waals surface area (Å²) in [6.45, 7) is 1.57. The summed E-state index contributed by atoms with van der Waals surface area (Å²) >= 11 is 0. The monoisotopic (exact) mass is 313 g/mol. The molecule has 0 saturated carbocycles. The second-order valence-electron chi connectivity index (χ2n) is 5.23. The van der Waals surface area contributed by atoms with Gasteiger partial charge < -0.3 is 11.1 Å². The Morgan fingerprint density at radius 2 is 1.57 bits per heavy atom. The van der Waals surface area contributed by atoms with Crippen LogP contribution in [0, 0.1) is 0 Å². The summed E-state index contributed by atoms with van der Waals surface area (Å²) < 4.78 is 0. The van der Waals surface area contributed by atoms with Gasteiger partial charge in [0.1, 0.15) is 6.04 Å². The molecule has 0 aliphatic heterocycles. The smallest absolute Gasteiger partial charge is 0.267 e. The van der Waals surface area contributed by atoms with Crippen LogP contribution in [0.5, 0.6) is 0 Å². The van der Waals surface area contributed by atoms with Crippen LogP contribution in [-0.2, 0) is 4.79 Å². The molecule has 6 nitrogen and oxygen atoms in total. The van der Waals surface area contributed by atoms with Gasteiger partial charge in [0.2, 0.25) is 0 Å². The normalized spacial score (nSPS) is 13.0. The maximum atomic E-state index is 12.2. The number of hydrogen-bond donors (Lipinski definition) is 4. The van der Waals surface area contributed by atoms with Crippen LogP contribution >= 0.6 is 0 Å². The van der Waals surface area contributed by atoms with Gasteiger partial charge in [-0.15, -0.1) is 0 Å². The molecule has 0 fully saturated rings. The number of hydrogen-bond acceptors (Lipinski definition) is 4. The van der Waals surface area contributed by atoms with Gasteiger partial charge in [0.15, 0.2) is 0 Å². The van der Waals surface area contributed by atoms with E-state index in [2.05, 4.69) is 5.32 Å². The van der Waals surface area contributed by atoms with Crippen LogP contribution in [0.4, 0.5) is 0 Å². The standard InChI is InChI=1S/C17H19N3O3/c1-11(18)15(17(22)20-23)19-16(21)14-9-7-13(8-10-14)12-5-3-2-4-6-12/h2-11,15,23H,18H2,1H3,(H,19,21)(H,20,22)/t11-,15+/m1/s1. The average molecular weight is 313 g/mol. The van der Waals surface area contributed by atoms with E-state index < -0.39 is 23.9 Å². The molecule has 2 amide bonds. The van der Waals surface area contributed by atoms with Crippen LogP contribution in [-0.4, -0.2) is 29.1 Å². The first-order valence-corrected chi connectivity index (χ1v) is 7.19. The van der Waals surface area contributed by atoms with Crippen molar-refractivity contribution < 1.29 is 14.8 Å². The Hall–Kier alpha value is -2.70. The molecule has 0 heterocycles. The zero-order valence-electron chi connectivity index (χ0n) is 12.7. The van der Waals surface area contributed by atoms with E-state index in [1.54, 1.807) is 19.1 Å². The number of hydroxylamine groups is 1. The molecule has 23 heavy (non-hydrogen) atoms. The molecule has 120 valence electrons. The van der Waals surface area contributed by atoms with E-state index in [-0.39, 0.29) is 0 Å². The van der Waals surface area contributed by atoms with Crippen LogP contribution in [0.1, 0.15) is 17.3 Å². The summed E-state index contributed by atoms with van der Waals surface area (Å²) in [6, 6.07) is 15.1. The highest BCUT2D eigenvalue weighted by Crippen LogP contribution is 2.19. The summed E-state index contributed by atoms with van der Waals surface area (Å²) in [5.74, 6) is -1.19. The third-order valence-corrected chi connectivity index (χ3v) is 3.46. The van der Waals surface area contributed by atoms with Crippen molar-refractivity contribution in [2.24, 2.45) is 5.73 Å². The molecule has 0 spiro atoms. The summed E-state index contributed by atoms with van der Waals surface area (Å²) in [5.41, 5.74) is 9.59. The Morgan fingerprint density at radius 3 is 2.09 bits per heavy atom. The van der Waals surface area contributed by atoms with Crippen molar-refractivity contribution in [1.82, 2.24) is 10.8 Å². The lowest BCUT2D eigenvalue weighted by Gasteiger charge is -2.20. The number of rotatable bonds is 5. The summed E-state index contributed by atoms with van der Waals surface area (Å²) in [7, 11) is 0. The largest absolute Gasteiger partial charge is 0.339 e. The molecule has 2 atom stereocenters. The maximum Gasteiger partial charge on any atom is 0.267 e. The molecule has 5 N–H and O–H groups in total. The van der Waals surface area contributed by atoms with Crippen molar-refractivity contribution in [2.75, 3.05) is 0 Å². The first-order valence-electron chi connectivity index (χ1n) is 7.19. The van der Waals surface area contributed by atoms with Gasteiger partial charge in [0.05, 0.1) is 0 Å². The number of carbonyl (C=O) groups excluding carboxylic acids is 2. The minimum absolute atomic E-state index is 0.404. The highest BCUT2D eigenvalue weighted by atomic mass is 16.5. The maximum absolute atomic E-state index is 12.2. The lowest BCUT2D eigenvalue weighted by molar-refractivity contribution is -0.131. The second-order valence-corrected chi connectivity index (χ2v) is 5.23. The van der Waals surface area contributed by atoms with E-state index in [9.17, 15) is 9.59 Å². The molecular weight excluding hydrogens is 294 g/mol. The first kappa shape index (κ1) is 16.7. The molecule has 2 rings (SSSR count). The van der Waals surface area contributed by atoms with Crippen LogP contribution in [0.2, 0.25) is 0 Å². The number of nitrogens with one attached hydrogen (secondary N) is 2. The zero-order chi connectivity index (χ0) is 16.8. The molecule has 2 aromatic carbocycles. The third-order valence-electron chi connectivity index (χ3n) is 3.46. The van der Waals surface area contributed by atoms with E-state index in [0.29, 0.717) is 5.56 Å². The molecule has 0 radical (unpaired) electrons. The lowest BCUT2D eigenvalue weighted by Crippen LogP contribution is -2.54. The summed E-state index contributed by atoms with van der Waals surface area (Å²) in [4.78, 5) is 23.7. The van der Waals surface area contributed by atoms with Gasteiger partial charge in [-0.3, -0.25) is 14.8 Å². The minimum atomic E-state index is -1.01. The van der Waals surface area contributed by atoms with E-state index in [4.69, 9.17) is 10.9 Å². The number of benzene rings is 2. The Labute approximate surface area is 134 Å². The van der Waals surface area contributed by atoms with Gasteiger partial charge in [-0.2, -0.15) is 0 Å². The summed E-state index contributed by atoms with van der Waals surface area (Å²) in [6.07, 6.45) is 0. The minimum Gasteiger partial charge on any atom is -0.339 e. The van der Waals surface area contributed by atoms with Crippen molar-refractivity contribution in [2.45, 2.75) is 19.0 Å². The molecule has 2 aromatic rings. The van der Waals surface area contributed by atoms with Crippen LogP contribution < -0.4 is 16.5 Å². The second kappa shape index (κ2) is 7.53. The Balaban J connectivity index is 2.12. The molecule has 6 heteroatoms. The van der Waals surface area contributed by atoms with Gasteiger partial charge in [-0.05, 0) is 30.2 Å². The number of carbonyl (C=O) groups is 2. The van der Waals surface area contributed by atoms with Gasteiger partial charge >= 0.3 is 0 Å². The van der Waals surface area contributed by atoms with Crippen molar-refractivity contribution in [3.63, 3.8) is 0 Å². The van der Waals surface area contributed by atoms with Crippen LogP contribution in [0.25, 0.3) is 11.1 Å². The molecule has 0 aliphatic carbocycles. The topological polar surface area (TPSA) is 104 Å². The quantitative estimate of drug-likeness (QED) is 0.493. The van der Waals surface area contributed by atoms with E-state index in [1.807, 2.05) is 42.5 Å². The van der Waals surface area contributed by atoms with Gasteiger partial charge in [0, 0.05) is 11.6 Å². The highest BCUT2D eigenvalue weighted by Gasteiger charge is 2.24. The Morgan fingerprint density at radius 1 is 1.00 bits per heavy atom. The van der Waals surface area contributed by atoms with Gasteiger partial charge in [0.25, 0.3) is 11.8 Å². The Bertz CT molecular complexity index is 669. The van der Waals surface area contributed by atoms with E-state index in [0.717, 1.165) is 11.1 Å². The van der Waals surface area contributed by atoms with Crippen molar-refractivity contribution in [3.05, 3.63) is 60.2 Å². The number of amides is 2. The predicted molar refractivity (Wildman–Crippen MR) is 86.7 cm³/mol. The van der Waals surface area contributed by atoms with Crippen LogP contribution in [0.3, 0.4) is 0 Å². The fourth-order valence-electron chi connectivity index (χ4n) is 2.17. The van der Waals surface area contributed by atoms with E-state index in [1.165, 1.54) is 5.48 Å². The van der Waals surface area contributed by atoms with Crippen LogP contribution in [0.15, 0.2) is 54.6 Å². The average Bonchev–Trinajstić information content (AvgIpc) is 2.59. The molecule has 0 bridgehead atoms. The predicted octanol–water partition coefficient (Wildman–Crippen LogP) is 1.30. The molecule has 0 aromatic heterocycles. The van der Waals surface area contributed by atoms with E-state index >= 15 is 0 Å². The van der Waals surface area contributed by atoms with Gasteiger partial charge in [-0.25, -0.2) is 5.48 Å². The molecular formula is C17H19N3O3. The van der Waals surface area contributed by atoms with Gasteiger partial charge in [-0.1, -0.05) is 42.5 Å². The first-order chi connectivity index (χ1) is 11.0. The SMILES string of the molecule is C[C@@H](N)[C@H](NC(=O)c1ccc(-c2ccccc2)cc1)C(=O)NO. The molecule has 0 aliphatic rings. The molecule has 0 saturated heterocycles. The third kappa shape index (κ3) is 4.15. The fourth-order valence-corrected chi connectivity index (χ4v) is 2.17. The summed E-state index contributed by atoms with van der Waals surface area (Å²) in [5, 5.41) is 11.2. The number of nitrogens with two attached hydrogens (primary N) is 1. The Kier molecular flexibility index (Phi) is 5.46.